The van der Waals surface area contributed by atoms with Crippen LogP contribution in [0.3, 0.4) is 0 Å². The minimum atomic E-state index is -3.73. The average molecular weight is 515 g/mol. The summed E-state index contributed by atoms with van der Waals surface area (Å²) in [6.07, 6.45) is 0. The van der Waals surface area contributed by atoms with Crippen LogP contribution in [0.5, 0.6) is 11.5 Å². The fourth-order valence-electron chi connectivity index (χ4n) is 2.37. The molecular formula is C18H18IN3O5S. The van der Waals surface area contributed by atoms with Crippen molar-refractivity contribution < 1.29 is 22.4 Å². The summed E-state index contributed by atoms with van der Waals surface area (Å²) < 4.78 is 43.8. The van der Waals surface area contributed by atoms with Crippen molar-refractivity contribution in [1.82, 2.24) is 14.9 Å². The van der Waals surface area contributed by atoms with E-state index in [0.717, 1.165) is 11.3 Å². The lowest BCUT2D eigenvalue weighted by Gasteiger charge is -2.07. The van der Waals surface area contributed by atoms with E-state index in [1.54, 1.807) is 6.07 Å². The molecule has 8 nitrogen and oxygen atoms in total. The topological polar surface area (TPSA) is 104 Å². The van der Waals surface area contributed by atoms with Gasteiger partial charge in [0.05, 0.1) is 28.7 Å². The Labute approximate surface area is 176 Å². The van der Waals surface area contributed by atoms with Crippen LogP contribution in [0.2, 0.25) is 0 Å². The Morgan fingerprint density at radius 1 is 1.18 bits per heavy atom. The van der Waals surface area contributed by atoms with Crippen molar-refractivity contribution in [3.05, 3.63) is 51.9 Å². The number of rotatable bonds is 8. The van der Waals surface area contributed by atoms with Crippen LogP contribution in [-0.2, 0) is 16.6 Å². The van der Waals surface area contributed by atoms with Crippen LogP contribution in [-0.4, -0.2) is 32.3 Å². The molecule has 148 valence electrons. The van der Waals surface area contributed by atoms with Gasteiger partial charge in [0.1, 0.15) is 11.5 Å². The molecule has 10 heteroatoms. The summed E-state index contributed by atoms with van der Waals surface area (Å²) in [4.78, 5) is 4.36. The van der Waals surface area contributed by atoms with Crippen molar-refractivity contribution in [2.24, 2.45) is 0 Å². The summed E-state index contributed by atoms with van der Waals surface area (Å²) in [6, 6.07) is 11.8. The normalized spacial score (nSPS) is 11.4. The van der Waals surface area contributed by atoms with Crippen molar-refractivity contribution >= 4 is 32.6 Å². The number of hydrogen-bond acceptors (Lipinski definition) is 7. The first-order valence-corrected chi connectivity index (χ1v) is 10.9. The largest absolute Gasteiger partial charge is 0.496 e. The highest BCUT2D eigenvalue weighted by atomic mass is 127. The molecule has 2 aromatic carbocycles. The monoisotopic (exact) mass is 515 g/mol. The molecule has 0 unspecified atom stereocenters. The predicted molar refractivity (Wildman–Crippen MR) is 111 cm³/mol. The lowest BCUT2D eigenvalue weighted by Crippen LogP contribution is -2.23. The maximum Gasteiger partial charge on any atom is 0.242 e. The Morgan fingerprint density at radius 3 is 2.57 bits per heavy atom. The molecule has 0 fully saturated rings. The fourth-order valence-corrected chi connectivity index (χ4v) is 4.31. The third-order valence-electron chi connectivity index (χ3n) is 3.74. The first-order chi connectivity index (χ1) is 13.4. The van der Waals surface area contributed by atoms with Gasteiger partial charge in [-0.25, -0.2) is 13.1 Å². The van der Waals surface area contributed by atoms with Crippen molar-refractivity contribution in [3.8, 4) is 22.9 Å². The summed E-state index contributed by atoms with van der Waals surface area (Å²) in [6.45, 7) is 2.38. The molecule has 0 aliphatic carbocycles. The van der Waals surface area contributed by atoms with Gasteiger partial charge in [-0.1, -0.05) is 5.16 Å². The van der Waals surface area contributed by atoms with Crippen LogP contribution in [0.4, 0.5) is 0 Å². The number of methoxy groups -OCH3 is 1. The highest BCUT2D eigenvalue weighted by molar-refractivity contribution is 14.1. The zero-order chi connectivity index (χ0) is 20.1. The van der Waals surface area contributed by atoms with E-state index in [1.165, 1.54) is 19.2 Å². The summed E-state index contributed by atoms with van der Waals surface area (Å²) in [5, 5.41) is 3.89. The van der Waals surface area contributed by atoms with E-state index in [9.17, 15) is 8.42 Å². The van der Waals surface area contributed by atoms with Gasteiger partial charge < -0.3 is 14.0 Å². The predicted octanol–water partition coefficient (Wildman–Crippen LogP) is 3.23. The van der Waals surface area contributed by atoms with Crippen molar-refractivity contribution in [2.45, 2.75) is 18.4 Å². The van der Waals surface area contributed by atoms with E-state index in [2.05, 4.69) is 14.9 Å². The van der Waals surface area contributed by atoms with E-state index < -0.39 is 10.0 Å². The molecule has 1 heterocycles. The van der Waals surface area contributed by atoms with Crippen LogP contribution in [0.1, 0.15) is 12.8 Å². The molecule has 0 atom stereocenters. The molecule has 1 N–H and O–H groups in total. The Balaban J connectivity index is 1.69. The van der Waals surface area contributed by atoms with Gasteiger partial charge in [-0.2, -0.15) is 4.98 Å². The Hall–Kier alpha value is -2.18. The second-order valence-electron chi connectivity index (χ2n) is 5.59. The van der Waals surface area contributed by atoms with Crippen molar-refractivity contribution in [1.29, 1.82) is 0 Å². The zero-order valence-electron chi connectivity index (χ0n) is 15.2. The molecule has 0 aliphatic heterocycles. The van der Waals surface area contributed by atoms with Crippen molar-refractivity contribution in [2.75, 3.05) is 13.7 Å². The van der Waals surface area contributed by atoms with Gasteiger partial charge >= 0.3 is 0 Å². The molecule has 0 aliphatic rings. The highest BCUT2D eigenvalue weighted by Crippen LogP contribution is 2.24. The van der Waals surface area contributed by atoms with E-state index in [0.29, 0.717) is 21.8 Å². The van der Waals surface area contributed by atoms with Crippen molar-refractivity contribution in [3.63, 3.8) is 0 Å². The van der Waals surface area contributed by atoms with Gasteiger partial charge in [0.2, 0.25) is 21.7 Å². The first-order valence-electron chi connectivity index (χ1n) is 8.32. The highest BCUT2D eigenvalue weighted by Gasteiger charge is 2.18. The molecule has 0 saturated heterocycles. The number of ether oxygens (including phenoxy) is 2. The Morgan fingerprint density at radius 2 is 1.93 bits per heavy atom. The molecule has 3 rings (SSSR count). The molecule has 0 saturated carbocycles. The van der Waals surface area contributed by atoms with Crippen LogP contribution >= 0.6 is 22.6 Å². The van der Waals surface area contributed by atoms with Crippen LogP contribution < -0.4 is 14.2 Å². The standard InChI is InChI=1S/C18H18IN3O5S/c1-3-26-13-6-4-12(5-7-13)18-21-17(27-22-18)11-20-28(23,24)14-8-9-16(25-2)15(19)10-14/h4-10,20H,3,11H2,1-2H3. The number of hydrogen-bond donors (Lipinski definition) is 1. The summed E-state index contributed by atoms with van der Waals surface area (Å²) in [7, 11) is -2.20. The van der Waals surface area contributed by atoms with Crippen LogP contribution in [0.25, 0.3) is 11.4 Å². The van der Waals surface area contributed by atoms with E-state index in [-0.39, 0.29) is 17.3 Å². The maximum atomic E-state index is 12.5. The third kappa shape index (κ3) is 4.80. The number of nitrogens with one attached hydrogen (secondary N) is 1. The second-order valence-corrected chi connectivity index (χ2v) is 8.52. The molecule has 0 radical (unpaired) electrons. The van der Waals surface area contributed by atoms with Gasteiger partial charge in [0, 0.05) is 5.56 Å². The average Bonchev–Trinajstić information content (AvgIpc) is 3.16. The first kappa shape index (κ1) is 20.6. The number of sulfonamides is 1. The summed E-state index contributed by atoms with van der Waals surface area (Å²) in [5.41, 5.74) is 0.742. The van der Waals surface area contributed by atoms with Gasteiger partial charge in [0.15, 0.2) is 0 Å². The molecule has 0 amide bonds. The fraction of sp³-hybridized carbons (Fsp3) is 0.222. The molecule has 0 spiro atoms. The SMILES string of the molecule is CCOc1ccc(-c2noc(CNS(=O)(=O)c3ccc(OC)c(I)c3)n2)cc1. The number of aromatic nitrogens is 2. The minimum absolute atomic E-state index is 0.116. The summed E-state index contributed by atoms with van der Waals surface area (Å²) in [5.74, 6) is 1.89. The zero-order valence-corrected chi connectivity index (χ0v) is 18.2. The van der Waals surface area contributed by atoms with E-state index in [1.807, 2.05) is 53.8 Å². The van der Waals surface area contributed by atoms with E-state index >= 15 is 0 Å². The quantitative estimate of drug-likeness (QED) is 0.460. The third-order valence-corrected chi connectivity index (χ3v) is 5.98. The van der Waals surface area contributed by atoms with E-state index in [4.69, 9.17) is 14.0 Å². The Kier molecular flexibility index (Phi) is 6.52. The number of halogens is 1. The smallest absolute Gasteiger partial charge is 0.242 e. The van der Waals surface area contributed by atoms with Gasteiger partial charge in [-0.15, -0.1) is 0 Å². The molecule has 1 aromatic heterocycles. The number of nitrogens with zero attached hydrogens (tertiary/aromatic N) is 2. The number of benzene rings is 2. The second kappa shape index (κ2) is 8.88. The van der Waals surface area contributed by atoms with Gasteiger partial charge in [-0.3, -0.25) is 0 Å². The molecule has 0 bridgehead atoms. The lowest BCUT2D eigenvalue weighted by atomic mass is 10.2. The maximum absolute atomic E-state index is 12.5. The lowest BCUT2D eigenvalue weighted by molar-refractivity contribution is 0.340. The van der Waals surface area contributed by atoms with Crippen LogP contribution in [0.15, 0.2) is 51.9 Å². The van der Waals surface area contributed by atoms with Gasteiger partial charge in [0.25, 0.3) is 0 Å². The van der Waals surface area contributed by atoms with Crippen LogP contribution in [0, 0.1) is 3.57 Å². The minimum Gasteiger partial charge on any atom is -0.496 e. The van der Waals surface area contributed by atoms with Gasteiger partial charge in [-0.05, 0) is 72.0 Å². The summed E-state index contributed by atoms with van der Waals surface area (Å²) >= 11 is 2.02. The Bertz CT molecular complexity index is 1050. The molecule has 28 heavy (non-hydrogen) atoms. The molecule has 3 aromatic rings. The molecular weight excluding hydrogens is 497 g/mol.